The van der Waals surface area contributed by atoms with Crippen molar-refractivity contribution in [2.24, 2.45) is 0 Å². The molecular formula is C36H21N3S. The summed E-state index contributed by atoms with van der Waals surface area (Å²) in [5.74, 6) is 0.725. The first-order chi connectivity index (χ1) is 19.8. The lowest BCUT2D eigenvalue weighted by atomic mass is 10.00. The van der Waals surface area contributed by atoms with Crippen LogP contribution in [0.5, 0.6) is 0 Å². The van der Waals surface area contributed by atoms with Crippen LogP contribution in [-0.4, -0.2) is 14.5 Å². The van der Waals surface area contributed by atoms with Crippen molar-refractivity contribution in [2.75, 3.05) is 0 Å². The molecule has 0 atom stereocenters. The molecule has 3 aromatic heterocycles. The highest BCUT2D eigenvalue weighted by atomic mass is 32.1. The van der Waals surface area contributed by atoms with E-state index in [2.05, 4.69) is 108 Å². The predicted octanol–water partition coefficient (Wildman–Crippen LogP) is 9.87. The first-order valence-corrected chi connectivity index (χ1v) is 14.2. The van der Waals surface area contributed by atoms with Gasteiger partial charge in [-0.2, -0.15) is 0 Å². The third kappa shape index (κ3) is 2.99. The molecule has 0 aliphatic carbocycles. The monoisotopic (exact) mass is 527 g/mol. The largest absolute Gasteiger partial charge is 0.304 e. The van der Waals surface area contributed by atoms with Crippen LogP contribution in [0.4, 0.5) is 0 Å². The molecule has 0 fully saturated rings. The van der Waals surface area contributed by atoms with Gasteiger partial charge in [0.25, 0.3) is 0 Å². The van der Waals surface area contributed by atoms with Gasteiger partial charge in [0.15, 0.2) is 5.82 Å². The van der Waals surface area contributed by atoms with Crippen molar-refractivity contribution >= 4 is 64.1 Å². The number of rotatable bonds is 3. The molecule has 0 radical (unpaired) electrons. The molecule has 0 amide bonds. The van der Waals surface area contributed by atoms with Gasteiger partial charge in [-0.05, 0) is 29.0 Å². The molecule has 4 heteroatoms. The van der Waals surface area contributed by atoms with E-state index in [0.29, 0.717) is 0 Å². The van der Waals surface area contributed by atoms with Crippen LogP contribution in [-0.2, 0) is 0 Å². The number of thiophene rings is 1. The number of hydrogen-bond donors (Lipinski definition) is 0. The van der Waals surface area contributed by atoms with E-state index < -0.39 is 0 Å². The normalized spacial score (nSPS) is 12.0. The minimum atomic E-state index is 0.725. The summed E-state index contributed by atoms with van der Waals surface area (Å²) >= 11 is 1.87. The SMILES string of the molecule is c1ccc(-c2ncc(-n3c4cccc5ccc6cc7c8ccccc8sc7c3c6c54)c(-c3ccccc3)n2)cc1. The Balaban J connectivity index is 1.48. The standard InChI is InChI=1S/C36H21N3S/c1-3-10-23(11-4-1)33-29(21-37-36(38-33)24-12-5-2-6-13-24)39-28-16-9-14-22-18-19-25-20-27-26-15-7-8-17-30(26)40-35(27)34(39)32(25)31(22)28/h1-21H. The van der Waals surface area contributed by atoms with E-state index in [1.165, 1.54) is 52.8 Å². The number of aromatic nitrogens is 3. The van der Waals surface area contributed by atoms with Crippen molar-refractivity contribution in [3.63, 3.8) is 0 Å². The lowest BCUT2D eigenvalue weighted by molar-refractivity contribution is 1.09. The van der Waals surface area contributed by atoms with Crippen LogP contribution in [0, 0.1) is 0 Å². The first-order valence-electron chi connectivity index (χ1n) is 13.4. The fraction of sp³-hybridized carbons (Fsp3) is 0. The predicted molar refractivity (Wildman–Crippen MR) is 169 cm³/mol. The van der Waals surface area contributed by atoms with E-state index in [0.717, 1.165) is 28.3 Å². The van der Waals surface area contributed by atoms with E-state index in [-0.39, 0.29) is 0 Å². The van der Waals surface area contributed by atoms with Crippen LogP contribution in [0.3, 0.4) is 0 Å². The Hall–Kier alpha value is -5.06. The number of benzene rings is 6. The molecule has 3 heterocycles. The second kappa shape index (κ2) is 8.22. The first kappa shape index (κ1) is 21.8. The molecule has 0 unspecified atom stereocenters. The molecule has 0 N–H and O–H groups in total. The van der Waals surface area contributed by atoms with Gasteiger partial charge in [0.05, 0.1) is 33.3 Å². The molecule has 0 spiro atoms. The van der Waals surface area contributed by atoms with E-state index in [9.17, 15) is 0 Å². The van der Waals surface area contributed by atoms with Gasteiger partial charge < -0.3 is 4.57 Å². The summed E-state index contributed by atoms with van der Waals surface area (Å²) in [7, 11) is 0. The highest BCUT2D eigenvalue weighted by Gasteiger charge is 2.23. The van der Waals surface area contributed by atoms with Crippen LogP contribution < -0.4 is 0 Å². The van der Waals surface area contributed by atoms with Crippen LogP contribution in [0.1, 0.15) is 0 Å². The lowest BCUT2D eigenvalue weighted by Gasteiger charge is -2.14. The Kier molecular flexibility index (Phi) is 4.48. The summed E-state index contributed by atoms with van der Waals surface area (Å²) in [5.41, 5.74) is 6.39. The maximum Gasteiger partial charge on any atom is 0.159 e. The molecule has 0 bridgehead atoms. The second-order valence-electron chi connectivity index (χ2n) is 10.2. The fourth-order valence-electron chi connectivity index (χ4n) is 6.25. The summed E-state index contributed by atoms with van der Waals surface area (Å²) in [6.45, 7) is 0. The maximum atomic E-state index is 5.22. The minimum Gasteiger partial charge on any atom is -0.304 e. The van der Waals surface area contributed by atoms with Crippen LogP contribution in [0.15, 0.2) is 128 Å². The molecule has 9 rings (SSSR count). The van der Waals surface area contributed by atoms with E-state index in [1.807, 2.05) is 35.7 Å². The second-order valence-corrected chi connectivity index (χ2v) is 11.3. The Labute approximate surface area is 233 Å². The zero-order chi connectivity index (χ0) is 26.2. The average Bonchev–Trinajstić information content (AvgIpc) is 3.57. The highest BCUT2D eigenvalue weighted by molar-refractivity contribution is 7.26. The van der Waals surface area contributed by atoms with Gasteiger partial charge in [-0.25, -0.2) is 9.97 Å². The fourth-order valence-corrected chi connectivity index (χ4v) is 7.47. The quantitative estimate of drug-likeness (QED) is 0.214. The Morgan fingerprint density at radius 3 is 2.20 bits per heavy atom. The van der Waals surface area contributed by atoms with Gasteiger partial charge in [-0.3, -0.25) is 0 Å². The van der Waals surface area contributed by atoms with Gasteiger partial charge in [0.1, 0.15) is 0 Å². The van der Waals surface area contributed by atoms with E-state index in [4.69, 9.17) is 9.97 Å². The lowest BCUT2D eigenvalue weighted by Crippen LogP contribution is -2.02. The van der Waals surface area contributed by atoms with Crippen molar-refractivity contribution < 1.29 is 0 Å². The smallest absolute Gasteiger partial charge is 0.159 e. The summed E-state index contributed by atoms with van der Waals surface area (Å²) in [4.78, 5) is 10.2. The topological polar surface area (TPSA) is 30.7 Å². The van der Waals surface area contributed by atoms with E-state index in [1.54, 1.807) is 0 Å². The number of nitrogens with zero attached hydrogens (tertiary/aromatic N) is 3. The van der Waals surface area contributed by atoms with Crippen LogP contribution in [0.25, 0.3) is 81.1 Å². The average molecular weight is 528 g/mol. The van der Waals surface area contributed by atoms with Gasteiger partial charge in [-0.15, -0.1) is 11.3 Å². The number of hydrogen-bond acceptors (Lipinski definition) is 3. The van der Waals surface area contributed by atoms with Gasteiger partial charge in [-0.1, -0.05) is 103 Å². The summed E-state index contributed by atoms with van der Waals surface area (Å²) < 4.78 is 5.01. The van der Waals surface area contributed by atoms with Crippen molar-refractivity contribution in [3.8, 4) is 28.3 Å². The zero-order valence-electron chi connectivity index (χ0n) is 21.4. The van der Waals surface area contributed by atoms with E-state index >= 15 is 0 Å². The molecule has 6 aromatic carbocycles. The molecule has 0 aliphatic heterocycles. The minimum absolute atomic E-state index is 0.725. The Bertz CT molecular complexity index is 2370. The van der Waals surface area contributed by atoms with Crippen molar-refractivity contribution in [2.45, 2.75) is 0 Å². The van der Waals surface area contributed by atoms with Crippen molar-refractivity contribution in [1.29, 1.82) is 0 Å². The third-order valence-electron chi connectivity index (χ3n) is 8.00. The molecule has 0 saturated heterocycles. The van der Waals surface area contributed by atoms with Crippen molar-refractivity contribution in [3.05, 3.63) is 128 Å². The molecular weight excluding hydrogens is 506 g/mol. The number of fused-ring (bicyclic) bond motifs is 4. The summed E-state index contributed by atoms with van der Waals surface area (Å²) in [6.07, 6.45) is 2.01. The maximum absolute atomic E-state index is 5.22. The summed E-state index contributed by atoms with van der Waals surface area (Å²) in [6, 6.07) is 43.0. The van der Waals surface area contributed by atoms with Crippen LogP contribution in [0.2, 0.25) is 0 Å². The van der Waals surface area contributed by atoms with Gasteiger partial charge >= 0.3 is 0 Å². The molecule has 186 valence electrons. The Morgan fingerprint density at radius 2 is 1.35 bits per heavy atom. The van der Waals surface area contributed by atoms with Crippen molar-refractivity contribution in [1.82, 2.24) is 14.5 Å². The zero-order valence-corrected chi connectivity index (χ0v) is 22.2. The highest BCUT2D eigenvalue weighted by Crippen LogP contribution is 2.47. The Morgan fingerprint density at radius 1 is 0.600 bits per heavy atom. The molecule has 3 nitrogen and oxygen atoms in total. The van der Waals surface area contributed by atoms with Gasteiger partial charge in [0.2, 0.25) is 0 Å². The molecule has 0 saturated carbocycles. The molecule has 9 aromatic rings. The molecule has 0 aliphatic rings. The van der Waals surface area contributed by atoms with Crippen LogP contribution >= 0.6 is 11.3 Å². The summed E-state index contributed by atoms with van der Waals surface area (Å²) in [5, 5.41) is 7.70. The van der Waals surface area contributed by atoms with Gasteiger partial charge in [0, 0.05) is 37.4 Å². The third-order valence-corrected chi connectivity index (χ3v) is 9.19. The molecule has 40 heavy (non-hydrogen) atoms.